The van der Waals surface area contributed by atoms with E-state index >= 15 is 0 Å². The van der Waals surface area contributed by atoms with Gasteiger partial charge in [-0.15, -0.1) is 0 Å². The van der Waals surface area contributed by atoms with Crippen LogP contribution in [0.15, 0.2) is 30.5 Å². The highest BCUT2D eigenvalue weighted by molar-refractivity contribution is 5.94. The number of hydrogen-bond donors (Lipinski definition) is 1. The van der Waals surface area contributed by atoms with Gasteiger partial charge in [0.1, 0.15) is 5.75 Å². The summed E-state index contributed by atoms with van der Waals surface area (Å²) in [5, 5.41) is 10.1. The molecule has 20 heavy (non-hydrogen) atoms. The average Bonchev–Trinajstić information content (AvgIpc) is 2.88. The van der Waals surface area contributed by atoms with Crippen molar-refractivity contribution in [2.24, 2.45) is 0 Å². The summed E-state index contributed by atoms with van der Waals surface area (Å²) in [7, 11) is 0. The largest absolute Gasteiger partial charge is 0.506 e. The lowest BCUT2D eigenvalue weighted by atomic mass is 10.1. The fourth-order valence-corrected chi connectivity index (χ4v) is 2.54. The minimum absolute atomic E-state index is 0.0683. The Bertz CT molecular complexity index is 678. The monoisotopic (exact) mass is 268 g/mol. The smallest absolute Gasteiger partial charge is 0.159 e. The molecule has 0 aliphatic carbocycles. The van der Waals surface area contributed by atoms with Gasteiger partial charge >= 0.3 is 0 Å². The molecule has 4 heteroatoms. The molecule has 0 unspecified atom stereocenters. The van der Waals surface area contributed by atoms with E-state index in [2.05, 4.69) is 9.88 Å². The van der Waals surface area contributed by atoms with E-state index in [1.165, 1.54) is 0 Å². The van der Waals surface area contributed by atoms with E-state index < -0.39 is 0 Å². The van der Waals surface area contributed by atoms with Gasteiger partial charge < -0.3 is 10.0 Å². The van der Waals surface area contributed by atoms with Gasteiger partial charge in [-0.2, -0.15) is 0 Å². The highest BCUT2D eigenvalue weighted by Crippen LogP contribution is 2.34. The maximum atomic E-state index is 11.3. The van der Waals surface area contributed by atoms with Crippen LogP contribution in [-0.4, -0.2) is 15.9 Å². The first-order chi connectivity index (χ1) is 9.56. The Hall–Kier alpha value is -2.36. The zero-order valence-corrected chi connectivity index (χ0v) is 11.6. The molecule has 0 spiro atoms. The standard InChI is InChI=1S/C16H16N2O2/c1-10-16(20)15-9-18(8-13(15)7-17-10)14-5-3-12(4-6-14)11(2)19/h3-7,20H,8-9H2,1-2H3. The van der Waals surface area contributed by atoms with Crippen molar-refractivity contribution in [3.8, 4) is 5.75 Å². The van der Waals surface area contributed by atoms with E-state index in [4.69, 9.17) is 0 Å². The molecular weight excluding hydrogens is 252 g/mol. The maximum absolute atomic E-state index is 11.3. The predicted octanol–water partition coefficient (Wildman–Crippen LogP) is 2.82. The summed E-state index contributed by atoms with van der Waals surface area (Å²) in [4.78, 5) is 17.6. The second kappa shape index (κ2) is 4.63. The van der Waals surface area contributed by atoms with Gasteiger partial charge in [0.15, 0.2) is 5.78 Å². The first-order valence-electron chi connectivity index (χ1n) is 6.58. The first-order valence-corrected chi connectivity index (χ1v) is 6.58. The second-order valence-electron chi connectivity index (χ2n) is 5.16. The van der Waals surface area contributed by atoms with Gasteiger partial charge in [-0.3, -0.25) is 9.78 Å². The Morgan fingerprint density at radius 3 is 2.60 bits per heavy atom. The Kier molecular flexibility index (Phi) is 2.93. The van der Waals surface area contributed by atoms with E-state index in [0.717, 1.165) is 23.4 Å². The van der Waals surface area contributed by atoms with Crippen LogP contribution in [0.5, 0.6) is 5.75 Å². The Labute approximate surface area is 117 Å². The number of rotatable bonds is 2. The lowest BCUT2D eigenvalue weighted by molar-refractivity contribution is 0.101. The van der Waals surface area contributed by atoms with Crippen LogP contribution in [0.4, 0.5) is 5.69 Å². The minimum atomic E-state index is 0.0683. The van der Waals surface area contributed by atoms with Crippen LogP contribution in [-0.2, 0) is 13.1 Å². The number of carbonyl (C=O) groups is 1. The summed E-state index contributed by atoms with van der Waals surface area (Å²) in [6, 6.07) is 7.56. The molecule has 0 saturated heterocycles. The molecule has 0 fully saturated rings. The average molecular weight is 268 g/mol. The molecule has 0 saturated carbocycles. The van der Waals surface area contributed by atoms with Crippen molar-refractivity contribution in [3.63, 3.8) is 0 Å². The quantitative estimate of drug-likeness (QED) is 0.851. The lowest BCUT2D eigenvalue weighted by Crippen LogP contribution is -2.14. The van der Waals surface area contributed by atoms with Gasteiger partial charge in [0.2, 0.25) is 0 Å². The molecule has 4 nitrogen and oxygen atoms in total. The number of carbonyl (C=O) groups excluding carboxylic acids is 1. The Morgan fingerprint density at radius 2 is 1.95 bits per heavy atom. The third kappa shape index (κ3) is 2.03. The number of nitrogens with zero attached hydrogens (tertiary/aromatic N) is 2. The molecule has 0 atom stereocenters. The molecule has 0 amide bonds. The number of hydrogen-bond acceptors (Lipinski definition) is 4. The molecule has 1 aliphatic heterocycles. The van der Waals surface area contributed by atoms with Crippen molar-refractivity contribution in [1.29, 1.82) is 0 Å². The number of benzene rings is 1. The van der Waals surface area contributed by atoms with Crippen molar-refractivity contribution >= 4 is 11.5 Å². The number of pyridine rings is 1. The number of aryl methyl sites for hydroxylation is 1. The van der Waals surface area contributed by atoms with Gasteiger partial charge in [0, 0.05) is 36.1 Å². The van der Waals surface area contributed by atoms with Gasteiger partial charge in [0.25, 0.3) is 0 Å². The third-order valence-electron chi connectivity index (χ3n) is 3.78. The molecule has 1 aromatic heterocycles. The number of ketones is 1. The lowest BCUT2D eigenvalue weighted by Gasteiger charge is -2.17. The number of fused-ring (bicyclic) bond motifs is 1. The number of anilines is 1. The first kappa shape index (κ1) is 12.7. The van der Waals surface area contributed by atoms with Gasteiger partial charge in [-0.05, 0) is 43.7 Å². The molecule has 0 radical (unpaired) electrons. The van der Waals surface area contributed by atoms with E-state index in [1.807, 2.05) is 30.5 Å². The minimum Gasteiger partial charge on any atom is -0.506 e. The summed E-state index contributed by atoms with van der Waals surface area (Å²) in [5.74, 6) is 0.365. The van der Waals surface area contributed by atoms with Crippen molar-refractivity contribution < 1.29 is 9.90 Å². The van der Waals surface area contributed by atoms with Crippen molar-refractivity contribution in [2.45, 2.75) is 26.9 Å². The Balaban J connectivity index is 1.88. The summed E-state index contributed by atoms with van der Waals surface area (Å²) < 4.78 is 0. The molecule has 3 rings (SSSR count). The van der Waals surface area contributed by atoms with Crippen LogP contribution in [0.1, 0.15) is 34.1 Å². The molecular formula is C16H16N2O2. The van der Waals surface area contributed by atoms with Crippen LogP contribution in [0.3, 0.4) is 0 Å². The van der Waals surface area contributed by atoms with Gasteiger partial charge in [0.05, 0.1) is 5.69 Å². The molecule has 2 heterocycles. The number of aromatic hydroxyl groups is 1. The summed E-state index contributed by atoms with van der Waals surface area (Å²) in [5.41, 5.74) is 4.43. The van der Waals surface area contributed by atoms with E-state index in [-0.39, 0.29) is 5.78 Å². The molecule has 1 aromatic carbocycles. The van der Waals surface area contributed by atoms with E-state index in [1.54, 1.807) is 13.8 Å². The van der Waals surface area contributed by atoms with Crippen LogP contribution in [0, 0.1) is 6.92 Å². The van der Waals surface area contributed by atoms with Crippen molar-refractivity contribution in [2.75, 3.05) is 4.90 Å². The third-order valence-corrected chi connectivity index (χ3v) is 3.78. The second-order valence-corrected chi connectivity index (χ2v) is 5.16. The Morgan fingerprint density at radius 1 is 1.25 bits per heavy atom. The van der Waals surface area contributed by atoms with Crippen molar-refractivity contribution in [3.05, 3.63) is 52.8 Å². The molecule has 0 bridgehead atoms. The summed E-state index contributed by atoms with van der Waals surface area (Å²) >= 11 is 0. The topological polar surface area (TPSA) is 53.4 Å². The van der Waals surface area contributed by atoms with Gasteiger partial charge in [-0.1, -0.05) is 0 Å². The summed E-state index contributed by atoms with van der Waals surface area (Å²) in [6.45, 7) is 4.77. The highest BCUT2D eigenvalue weighted by Gasteiger charge is 2.23. The molecule has 1 N–H and O–H groups in total. The van der Waals surface area contributed by atoms with Crippen LogP contribution < -0.4 is 4.90 Å². The SMILES string of the molecule is CC(=O)c1ccc(N2Cc3cnc(C)c(O)c3C2)cc1. The number of Topliss-reactive ketones (excluding diaryl/α,β-unsaturated/α-hetero) is 1. The molecule has 1 aliphatic rings. The van der Waals surface area contributed by atoms with Crippen molar-refractivity contribution in [1.82, 2.24) is 4.98 Å². The fraction of sp³-hybridized carbons (Fsp3) is 0.250. The normalized spacial score (nSPS) is 13.4. The van der Waals surface area contributed by atoms with E-state index in [0.29, 0.717) is 23.6 Å². The van der Waals surface area contributed by atoms with E-state index in [9.17, 15) is 9.90 Å². The zero-order chi connectivity index (χ0) is 14.3. The van der Waals surface area contributed by atoms with Gasteiger partial charge in [-0.25, -0.2) is 0 Å². The summed E-state index contributed by atoms with van der Waals surface area (Å²) in [6.07, 6.45) is 1.83. The van der Waals surface area contributed by atoms with Crippen LogP contribution in [0.25, 0.3) is 0 Å². The molecule has 2 aromatic rings. The molecule has 102 valence electrons. The fourth-order valence-electron chi connectivity index (χ4n) is 2.54. The maximum Gasteiger partial charge on any atom is 0.159 e. The van der Waals surface area contributed by atoms with Crippen LogP contribution in [0.2, 0.25) is 0 Å². The number of aromatic nitrogens is 1. The zero-order valence-electron chi connectivity index (χ0n) is 11.6. The predicted molar refractivity (Wildman–Crippen MR) is 77.0 cm³/mol. The van der Waals surface area contributed by atoms with Crippen LogP contribution >= 0.6 is 0 Å². The highest BCUT2D eigenvalue weighted by atomic mass is 16.3.